The molecule has 1 spiro atoms. The number of anilines is 3. The van der Waals surface area contributed by atoms with Crippen molar-refractivity contribution in [2.45, 2.75) is 5.41 Å². The fraction of sp³-hybridized carbons (Fsp3) is 0.0154. The number of furan rings is 1. The van der Waals surface area contributed by atoms with Crippen molar-refractivity contribution in [3.05, 3.63) is 271 Å². The van der Waals surface area contributed by atoms with Gasteiger partial charge in [-0.05, 0) is 114 Å². The molecule has 0 radical (unpaired) electrons. The molecule has 12 aromatic rings. The van der Waals surface area contributed by atoms with Gasteiger partial charge in [0.25, 0.3) is 0 Å². The molecule has 2 aliphatic carbocycles. The van der Waals surface area contributed by atoms with E-state index in [9.17, 15) is 0 Å². The van der Waals surface area contributed by atoms with Gasteiger partial charge in [0, 0.05) is 27.6 Å². The summed E-state index contributed by atoms with van der Waals surface area (Å²) in [5, 5.41) is 4.63. The highest BCUT2D eigenvalue weighted by Gasteiger charge is 2.52. The van der Waals surface area contributed by atoms with E-state index in [1.807, 2.05) is 0 Å². The number of benzene rings is 11. The van der Waals surface area contributed by atoms with E-state index in [4.69, 9.17) is 4.42 Å². The maximum Gasteiger partial charge on any atom is 0.159 e. The van der Waals surface area contributed by atoms with Gasteiger partial charge in [0.05, 0.1) is 16.8 Å². The molecule has 0 bridgehead atoms. The van der Waals surface area contributed by atoms with Crippen LogP contribution in [-0.4, -0.2) is 0 Å². The minimum absolute atomic E-state index is 0.494. The van der Waals surface area contributed by atoms with E-state index in [2.05, 4.69) is 254 Å². The second-order valence-electron chi connectivity index (χ2n) is 17.9. The lowest BCUT2D eigenvalue weighted by Crippen LogP contribution is -2.26. The van der Waals surface area contributed by atoms with Crippen LogP contribution in [0.15, 0.2) is 253 Å². The van der Waals surface area contributed by atoms with Crippen LogP contribution in [0, 0.1) is 0 Å². The molecular weight excluding hydrogens is 811 g/mol. The summed E-state index contributed by atoms with van der Waals surface area (Å²) in [4.78, 5) is 2.48. The summed E-state index contributed by atoms with van der Waals surface area (Å²) in [5.41, 5.74) is 21.4. The van der Waals surface area contributed by atoms with Crippen LogP contribution in [0.2, 0.25) is 0 Å². The van der Waals surface area contributed by atoms with Gasteiger partial charge < -0.3 is 9.32 Å². The summed E-state index contributed by atoms with van der Waals surface area (Å²) in [7, 11) is 0. The third-order valence-corrected chi connectivity index (χ3v) is 14.5. The molecule has 0 amide bonds. The average Bonchev–Trinajstić information content (AvgIpc) is 4.04. The van der Waals surface area contributed by atoms with E-state index in [1.54, 1.807) is 0 Å². The zero-order chi connectivity index (χ0) is 44.1. The van der Waals surface area contributed by atoms with Crippen LogP contribution in [0.1, 0.15) is 22.3 Å². The molecule has 0 saturated heterocycles. The van der Waals surface area contributed by atoms with E-state index in [0.717, 1.165) is 66.8 Å². The molecule has 0 N–H and O–H groups in total. The van der Waals surface area contributed by atoms with Gasteiger partial charge in [0.2, 0.25) is 0 Å². The van der Waals surface area contributed by atoms with Crippen molar-refractivity contribution < 1.29 is 4.42 Å². The molecule has 14 rings (SSSR count). The van der Waals surface area contributed by atoms with Crippen LogP contribution in [0.5, 0.6) is 0 Å². The first-order valence-corrected chi connectivity index (χ1v) is 23.2. The summed E-state index contributed by atoms with van der Waals surface area (Å²) < 4.78 is 7.35. The van der Waals surface area contributed by atoms with Crippen LogP contribution in [0.25, 0.3) is 88.3 Å². The molecule has 0 aliphatic heterocycles. The van der Waals surface area contributed by atoms with Crippen LogP contribution >= 0.6 is 0 Å². The summed E-state index contributed by atoms with van der Waals surface area (Å²) in [5.74, 6) is 0. The second kappa shape index (κ2) is 14.7. The maximum atomic E-state index is 7.35. The Bertz CT molecular complexity index is 3870. The molecule has 0 atom stereocenters. The molecule has 0 saturated carbocycles. The number of rotatable bonds is 6. The van der Waals surface area contributed by atoms with Gasteiger partial charge in [-0.25, -0.2) is 0 Å². The first-order chi connectivity index (χ1) is 33.2. The van der Waals surface area contributed by atoms with Crippen LogP contribution in [-0.2, 0) is 5.41 Å². The molecule has 0 unspecified atom stereocenters. The predicted molar refractivity (Wildman–Crippen MR) is 279 cm³/mol. The summed E-state index contributed by atoms with van der Waals surface area (Å²) >= 11 is 0. The molecule has 67 heavy (non-hydrogen) atoms. The third kappa shape index (κ3) is 5.51. The van der Waals surface area contributed by atoms with Gasteiger partial charge in [-0.3, -0.25) is 0 Å². The second-order valence-corrected chi connectivity index (χ2v) is 17.9. The van der Waals surface area contributed by atoms with Gasteiger partial charge in [0.1, 0.15) is 5.58 Å². The molecule has 2 nitrogen and oxygen atoms in total. The van der Waals surface area contributed by atoms with Crippen molar-refractivity contribution in [2.75, 3.05) is 4.90 Å². The van der Waals surface area contributed by atoms with E-state index in [0.29, 0.717) is 0 Å². The van der Waals surface area contributed by atoms with Gasteiger partial charge in [0.15, 0.2) is 5.58 Å². The largest absolute Gasteiger partial charge is 0.453 e. The molecule has 1 aromatic heterocycles. The Morgan fingerprint density at radius 2 is 0.851 bits per heavy atom. The van der Waals surface area contributed by atoms with Crippen LogP contribution in [0.4, 0.5) is 17.1 Å². The van der Waals surface area contributed by atoms with Crippen molar-refractivity contribution in [3.63, 3.8) is 0 Å². The quantitative estimate of drug-likeness (QED) is 0.166. The first kappa shape index (κ1) is 37.6. The van der Waals surface area contributed by atoms with E-state index >= 15 is 0 Å². The van der Waals surface area contributed by atoms with Crippen molar-refractivity contribution in [3.8, 4) is 55.6 Å². The number of fused-ring (bicyclic) bond motifs is 14. The molecule has 11 aromatic carbocycles. The van der Waals surface area contributed by atoms with Crippen molar-refractivity contribution in [1.82, 2.24) is 0 Å². The Balaban J connectivity index is 1.08. The zero-order valence-corrected chi connectivity index (χ0v) is 36.5. The third-order valence-electron chi connectivity index (χ3n) is 14.5. The average molecular weight is 852 g/mol. The minimum Gasteiger partial charge on any atom is -0.453 e. The van der Waals surface area contributed by atoms with E-state index in [-0.39, 0.29) is 0 Å². The SMILES string of the molecule is c1ccc(-c2cc(N(c3ccc(-c4ccc5ccccc5c4)cc3)c3cccc4c3-c3ccccc3C43c4ccccc4-c4ccccc43)c3oc4c(-c5ccccc5)cccc4c3c2)cc1. The van der Waals surface area contributed by atoms with Crippen molar-refractivity contribution in [2.24, 2.45) is 0 Å². The fourth-order valence-electron chi connectivity index (χ4n) is 11.6. The highest BCUT2D eigenvalue weighted by molar-refractivity contribution is 6.16. The van der Waals surface area contributed by atoms with Crippen molar-refractivity contribution in [1.29, 1.82) is 0 Å². The Kier molecular flexibility index (Phi) is 8.23. The van der Waals surface area contributed by atoms with E-state index < -0.39 is 5.41 Å². The summed E-state index contributed by atoms with van der Waals surface area (Å²) in [6.45, 7) is 0. The number of hydrogen-bond donors (Lipinski definition) is 0. The lowest BCUT2D eigenvalue weighted by Gasteiger charge is -2.32. The lowest BCUT2D eigenvalue weighted by molar-refractivity contribution is 0.670. The minimum atomic E-state index is -0.494. The molecule has 2 aliphatic rings. The lowest BCUT2D eigenvalue weighted by atomic mass is 9.70. The van der Waals surface area contributed by atoms with E-state index in [1.165, 1.54) is 60.8 Å². The molecule has 1 heterocycles. The van der Waals surface area contributed by atoms with Gasteiger partial charge in [-0.15, -0.1) is 0 Å². The maximum absolute atomic E-state index is 7.35. The van der Waals surface area contributed by atoms with Gasteiger partial charge in [-0.2, -0.15) is 0 Å². The predicted octanol–water partition coefficient (Wildman–Crippen LogP) is 17.6. The highest BCUT2D eigenvalue weighted by atomic mass is 16.3. The number of nitrogens with zero attached hydrogens (tertiary/aromatic N) is 1. The zero-order valence-electron chi connectivity index (χ0n) is 36.5. The monoisotopic (exact) mass is 851 g/mol. The van der Waals surface area contributed by atoms with Gasteiger partial charge >= 0.3 is 0 Å². The van der Waals surface area contributed by atoms with Crippen LogP contribution in [0.3, 0.4) is 0 Å². The number of para-hydroxylation sites is 1. The highest BCUT2D eigenvalue weighted by Crippen LogP contribution is 2.65. The Morgan fingerprint density at radius 1 is 0.299 bits per heavy atom. The smallest absolute Gasteiger partial charge is 0.159 e. The molecule has 312 valence electrons. The molecule has 0 fully saturated rings. The van der Waals surface area contributed by atoms with Gasteiger partial charge in [-0.1, -0.05) is 212 Å². The Hall–Kier alpha value is -8.72. The summed E-state index contributed by atoms with van der Waals surface area (Å²) in [6.07, 6.45) is 0. The first-order valence-electron chi connectivity index (χ1n) is 23.2. The molecule has 2 heteroatoms. The Labute approximate surface area is 389 Å². The standard InChI is InChI=1S/C65H41NO/c1-3-17-42(18-4-1)48-40-55-53-27-15-26-50(45-20-5-2-6-21-45)63(53)67-64(55)61(41-48)66(49-37-35-44(36-38-49)47-34-33-43-19-7-8-22-46(43)39-47)60-32-16-31-59-62(60)54-25-11-14-30-58(54)65(59)56-28-12-9-23-51(56)52-24-10-13-29-57(52)65/h1-41H. The normalized spacial score (nSPS) is 12.9. The summed E-state index contributed by atoms with van der Waals surface area (Å²) in [6, 6.07) is 91.2. The molecular formula is C65H41NO. The number of hydrogen-bond acceptors (Lipinski definition) is 2. The topological polar surface area (TPSA) is 16.4 Å². The van der Waals surface area contributed by atoms with Crippen molar-refractivity contribution >= 4 is 49.8 Å². The Morgan fingerprint density at radius 3 is 1.58 bits per heavy atom. The van der Waals surface area contributed by atoms with Crippen LogP contribution < -0.4 is 4.90 Å². The fourth-order valence-corrected chi connectivity index (χ4v) is 11.6.